The average Bonchev–Trinajstić information content (AvgIpc) is 2.72. The number of ether oxygens (including phenoxy) is 3. The average molecular weight is 513 g/mol. The molecule has 7 heteroatoms. The van der Waals surface area contributed by atoms with Crippen LogP contribution in [0.25, 0.3) is 0 Å². The summed E-state index contributed by atoms with van der Waals surface area (Å²) < 4.78 is 16.3. The predicted octanol–water partition coefficient (Wildman–Crippen LogP) is 4.11. The first-order valence-corrected chi connectivity index (χ1v) is 9.32. The number of hydrogen-bond acceptors (Lipinski definition) is 4. The van der Waals surface area contributed by atoms with E-state index in [1.807, 2.05) is 12.1 Å². The van der Waals surface area contributed by atoms with Crippen molar-refractivity contribution in [2.75, 3.05) is 34.9 Å². The van der Waals surface area contributed by atoms with Gasteiger partial charge in [0.25, 0.3) is 0 Å². The van der Waals surface area contributed by atoms with Gasteiger partial charge in [0, 0.05) is 25.7 Å². The minimum Gasteiger partial charge on any atom is -0.493 e. The van der Waals surface area contributed by atoms with Crippen LogP contribution in [-0.2, 0) is 6.54 Å². The molecule has 2 rings (SSSR count). The second kappa shape index (κ2) is 12.4. The van der Waals surface area contributed by atoms with E-state index in [0.29, 0.717) is 29.7 Å². The first-order chi connectivity index (χ1) is 13.5. The number of aryl methyl sites for hydroxylation is 1. The van der Waals surface area contributed by atoms with E-state index < -0.39 is 0 Å². The number of nitrogens with one attached hydrogen (secondary N) is 2. The number of methoxy groups -OCH3 is 3. The Labute approximate surface area is 191 Å². The Morgan fingerprint density at radius 1 is 1.00 bits per heavy atom. The Balaban J connectivity index is 0.00000420. The number of guanidine groups is 1. The van der Waals surface area contributed by atoms with Crippen LogP contribution < -0.4 is 24.8 Å². The molecule has 0 fully saturated rings. The van der Waals surface area contributed by atoms with Gasteiger partial charge in [-0.1, -0.05) is 36.8 Å². The molecule has 160 valence electrons. The molecule has 29 heavy (non-hydrogen) atoms. The molecular weight excluding hydrogens is 481 g/mol. The van der Waals surface area contributed by atoms with Crippen LogP contribution in [-0.4, -0.2) is 40.9 Å². The van der Waals surface area contributed by atoms with Gasteiger partial charge in [-0.3, -0.25) is 4.99 Å². The summed E-state index contributed by atoms with van der Waals surface area (Å²) in [7, 11) is 6.59. The minimum absolute atomic E-state index is 0. The summed E-state index contributed by atoms with van der Waals surface area (Å²) in [4.78, 5) is 4.32. The molecule has 0 aliphatic heterocycles. The number of nitrogens with zero attached hydrogens (tertiary/aromatic N) is 1. The van der Waals surface area contributed by atoms with Gasteiger partial charge in [-0.25, -0.2) is 0 Å². The van der Waals surface area contributed by atoms with E-state index >= 15 is 0 Å². The Kier molecular flexibility index (Phi) is 10.6. The van der Waals surface area contributed by atoms with Crippen molar-refractivity contribution in [1.29, 1.82) is 0 Å². The van der Waals surface area contributed by atoms with Crippen LogP contribution in [0.3, 0.4) is 0 Å². The lowest BCUT2D eigenvalue weighted by molar-refractivity contribution is 0.322. The van der Waals surface area contributed by atoms with Gasteiger partial charge in [0.15, 0.2) is 17.5 Å². The summed E-state index contributed by atoms with van der Waals surface area (Å²) in [5.74, 6) is 2.97. The highest BCUT2D eigenvalue weighted by atomic mass is 127. The molecule has 0 heterocycles. The maximum Gasteiger partial charge on any atom is 0.203 e. The number of aliphatic imine (C=N–C) groups is 1. The van der Waals surface area contributed by atoms with Crippen LogP contribution in [0.5, 0.6) is 17.2 Å². The summed E-state index contributed by atoms with van der Waals surface area (Å²) >= 11 is 0. The first-order valence-electron chi connectivity index (χ1n) is 9.32. The van der Waals surface area contributed by atoms with Crippen molar-refractivity contribution in [1.82, 2.24) is 10.6 Å². The number of rotatable bonds is 8. The number of hydrogen-bond donors (Lipinski definition) is 2. The van der Waals surface area contributed by atoms with Gasteiger partial charge >= 0.3 is 0 Å². The maximum atomic E-state index is 5.54. The third-order valence-corrected chi connectivity index (χ3v) is 4.64. The van der Waals surface area contributed by atoms with Crippen LogP contribution in [0.1, 0.15) is 29.5 Å². The van der Waals surface area contributed by atoms with Crippen molar-refractivity contribution in [3.05, 3.63) is 53.1 Å². The van der Waals surface area contributed by atoms with Crippen LogP contribution in [0.4, 0.5) is 0 Å². The van der Waals surface area contributed by atoms with Crippen molar-refractivity contribution >= 4 is 29.9 Å². The van der Waals surface area contributed by atoms with Crippen molar-refractivity contribution in [2.24, 2.45) is 4.99 Å². The van der Waals surface area contributed by atoms with E-state index in [-0.39, 0.29) is 24.0 Å². The second-order valence-corrected chi connectivity index (χ2v) is 6.62. The zero-order valence-corrected chi connectivity index (χ0v) is 20.4. The topological polar surface area (TPSA) is 64.1 Å². The maximum absolute atomic E-state index is 5.54. The molecule has 0 spiro atoms. The van der Waals surface area contributed by atoms with E-state index in [9.17, 15) is 0 Å². The molecule has 2 aromatic carbocycles. The highest BCUT2D eigenvalue weighted by Gasteiger charge is 2.16. The van der Waals surface area contributed by atoms with Gasteiger partial charge in [-0.15, -0.1) is 24.0 Å². The van der Waals surface area contributed by atoms with Gasteiger partial charge < -0.3 is 24.8 Å². The fourth-order valence-electron chi connectivity index (χ4n) is 3.05. The quantitative estimate of drug-likeness (QED) is 0.316. The molecule has 2 aromatic rings. The third-order valence-electron chi connectivity index (χ3n) is 4.64. The van der Waals surface area contributed by atoms with Gasteiger partial charge in [0.2, 0.25) is 5.75 Å². The molecule has 0 bridgehead atoms. The molecule has 2 N–H and O–H groups in total. The summed E-state index contributed by atoms with van der Waals surface area (Å²) in [6.45, 7) is 5.64. The molecule has 0 radical (unpaired) electrons. The van der Waals surface area contributed by atoms with Gasteiger partial charge in [0.1, 0.15) is 0 Å². The SMILES string of the molecule is CN=C(NCc1ccc(OC)c(OC)c1OC)NCC(C)c1cccc(C)c1.I. The molecule has 0 amide bonds. The minimum atomic E-state index is 0. The zero-order chi connectivity index (χ0) is 20.5. The normalized spacial score (nSPS) is 11.9. The lowest BCUT2D eigenvalue weighted by Crippen LogP contribution is -2.38. The smallest absolute Gasteiger partial charge is 0.203 e. The highest BCUT2D eigenvalue weighted by Crippen LogP contribution is 2.39. The molecule has 1 atom stereocenters. The monoisotopic (exact) mass is 513 g/mol. The van der Waals surface area contributed by atoms with E-state index in [4.69, 9.17) is 14.2 Å². The van der Waals surface area contributed by atoms with Crippen LogP contribution in [0.2, 0.25) is 0 Å². The molecule has 1 unspecified atom stereocenters. The van der Waals surface area contributed by atoms with Gasteiger partial charge in [0.05, 0.1) is 21.3 Å². The van der Waals surface area contributed by atoms with E-state index in [1.54, 1.807) is 28.4 Å². The molecule has 0 aliphatic rings. The lowest BCUT2D eigenvalue weighted by atomic mass is 9.99. The second-order valence-electron chi connectivity index (χ2n) is 6.62. The van der Waals surface area contributed by atoms with Crippen LogP contribution in [0, 0.1) is 6.92 Å². The lowest BCUT2D eigenvalue weighted by Gasteiger charge is -2.19. The van der Waals surface area contributed by atoms with Crippen molar-refractivity contribution < 1.29 is 14.2 Å². The molecule has 0 aromatic heterocycles. The van der Waals surface area contributed by atoms with Crippen molar-refractivity contribution in [3.8, 4) is 17.2 Å². The Morgan fingerprint density at radius 2 is 1.72 bits per heavy atom. The summed E-state index contributed by atoms with van der Waals surface area (Å²) in [5, 5.41) is 6.72. The summed E-state index contributed by atoms with van der Waals surface area (Å²) in [6.07, 6.45) is 0. The molecule has 0 aliphatic carbocycles. The van der Waals surface area contributed by atoms with Crippen LogP contribution in [0.15, 0.2) is 41.4 Å². The summed E-state index contributed by atoms with van der Waals surface area (Å²) in [6, 6.07) is 12.4. The van der Waals surface area contributed by atoms with Crippen molar-refractivity contribution in [3.63, 3.8) is 0 Å². The molecule has 0 saturated heterocycles. The van der Waals surface area contributed by atoms with Gasteiger partial charge in [-0.2, -0.15) is 0 Å². The van der Waals surface area contributed by atoms with Crippen molar-refractivity contribution in [2.45, 2.75) is 26.3 Å². The fourth-order valence-corrected chi connectivity index (χ4v) is 3.05. The largest absolute Gasteiger partial charge is 0.493 e. The first kappa shape index (κ1) is 24.9. The Morgan fingerprint density at radius 3 is 2.31 bits per heavy atom. The molecule has 0 saturated carbocycles. The Bertz CT molecular complexity index is 812. The Hall–Kier alpha value is -2.16. The number of halogens is 1. The predicted molar refractivity (Wildman–Crippen MR) is 129 cm³/mol. The zero-order valence-electron chi connectivity index (χ0n) is 18.0. The van der Waals surface area contributed by atoms with E-state index in [2.05, 4.69) is 53.7 Å². The van der Waals surface area contributed by atoms with E-state index in [0.717, 1.165) is 18.1 Å². The molecule has 6 nitrogen and oxygen atoms in total. The molecular formula is C22H32IN3O3. The number of benzene rings is 2. The summed E-state index contributed by atoms with van der Waals surface area (Å²) in [5.41, 5.74) is 3.53. The van der Waals surface area contributed by atoms with E-state index in [1.165, 1.54) is 11.1 Å². The van der Waals surface area contributed by atoms with Crippen LogP contribution >= 0.6 is 24.0 Å². The standard InChI is InChI=1S/C22H31N3O3.HI/c1-15-8-7-9-17(12-15)16(2)13-24-22(23-3)25-14-18-10-11-19(26-4)21(28-6)20(18)27-5;/h7-12,16H,13-14H2,1-6H3,(H2,23,24,25);1H. The third kappa shape index (κ3) is 6.69. The fraction of sp³-hybridized carbons (Fsp3) is 0.409. The van der Waals surface area contributed by atoms with Gasteiger partial charge in [-0.05, 0) is 30.5 Å². The highest BCUT2D eigenvalue weighted by molar-refractivity contribution is 14.0.